The summed E-state index contributed by atoms with van der Waals surface area (Å²) in [5, 5.41) is 12.6. The van der Waals surface area contributed by atoms with Gasteiger partial charge in [0.2, 0.25) is 0 Å². The van der Waals surface area contributed by atoms with Crippen LogP contribution in [0, 0.1) is 0 Å². The minimum absolute atomic E-state index is 0.217. The molecule has 0 saturated heterocycles. The molecule has 0 bridgehead atoms. The second-order valence-corrected chi connectivity index (χ2v) is 9.01. The minimum atomic E-state index is -0.217. The first kappa shape index (κ1) is 23.4. The van der Waals surface area contributed by atoms with E-state index >= 15 is 0 Å². The molecule has 0 radical (unpaired) electrons. The molecule has 2 heterocycles. The van der Waals surface area contributed by atoms with Gasteiger partial charge in [-0.05, 0) is 85.3 Å². The summed E-state index contributed by atoms with van der Waals surface area (Å²) < 4.78 is 0. The average molecular weight is 479 g/mol. The number of amides is 2. The third kappa shape index (κ3) is 5.66. The molecular formula is C30H30N4O2. The molecule has 4 N–H and O–H groups in total. The molecule has 3 aromatic carbocycles. The van der Waals surface area contributed by atoms with E-state index in [1.165, 1.54) is 0 Å². The number of carbonyl (C=O) groups is 2. The SMILES string of the molecule is O=C(Nc1ccc(C2=CCCCN2)cc1)c1ccc(C(=O)Nc2ccc(C3=CCCCN3)cc2)cc1. The van der Waals surface area contributed by atoms with Crippen LogP contribution in [0.5, 0.6) is 0 Å². The normalized spacial score (nSPS) is 15.0. The molecule has 2 amide bonds. The number of benzene rings is 3. The molecule has 0 aliphatic carbocycles. The van der Waals surface area contributed by atoms with Crippen molar-refractivity contribution in [2.75, 3.05) is 23.7 Å². The van der Waals surface area contributed by atoms with Gasteiger partial charge in [0.05, 0.1) is 0 Å². The summed E-state index contributed by atoms with van der Waals surface area (Å²) in [5.74, 6) is -0.433. The molecule has 0 fully saturated rings. The molecule has 6 heteroatoms. The maximum Gasteiger partial charge on any atom is 0.255 e. The van der Waals surface area contributed by atoms with Crippen molar-refractivity contribution in [3.05, 3.63) is 107 Å². The van der Waals surface area contributed by atoms with Crippen LogP contribution in [0.2, 0.25) is 0 Å². The lowest BCUT2D eigenvalue weighted by molar-refractivity contribution is 0.101. The van der Waals surface area contributed by atoms with E-state index in [0.29, 0.717) is 11.1 Å². The van der Waals surface area contributed by atoms with E-state index < -0.39 is 0 Å². The Balaban J connectivity index is 1.17. The Labute approximate surface area is 211 Å². The lowest BCUT2D eigenvalue weighted by Gasteiger charge is -2.16. The van der Waals surface area contributed by atoms with Crippen LogP contribution in [0.1, 0.15) is 57.5 Å². The first-order valence-electron chi connectivity index (χ1n) is 12.5. The fourth-order valence-corrected chi connectivity index (χ4v) is 4.37. The van der Waals surface area contributed by atoms with Crippen LogP contribution >= 0.6 is 0 Å². The minimum Gasteiger partial charge on any atom is -0.385 e. The van der Waals surface area contributed by atoms with E-state index in [1.54, 1.807) is 24.3 Å². The van der Waals surface area contributed by atoms with Crippen molar-refractivity contribution >= 4 is 34.6 Å². The van der Waals surface area contributed by atoms with E-state index in [2.05, 4.69) is 33.4 Å². The van der Waals surface area contributed by atoms with Gasteiger partial charge in [-0.25, -0.2) is 0 Å². The Morgan fingerprint density at radius 3 is 1.28 bits per heavy atom. The Kier molecular flexibility index (Phi) is 7.12. The molecule has 0 aromatic heterocycles. The predicted octanol–water partition coefficient (Wildman–Crippen LogP) is 5.64. The van der Waals surface area contributed by atoms with E-state index in [9.17, 15) is 9.59 Å². The van der Waals surface area contributed by atoms with Gasteiger partial charge in [0.1, 0.15) is 0 Å². The summed E-state index contributed by atoms with van der Waals surface area (Å²) in [7, 11) is 0. The van der Waals surface area contributed by atoms with Crippen LogP contribution in [-0.2, 0) is 0 Å². The first-order valence-corrected chi connectivity index (χ1v) is 12.5. The highest BCUT2D eigenvalue weighted by Gasteiger charge is 2.11. The van der Waals surface area contributed by atoms with Crippen LogP contribution in [0.15, 0.2) is 84.9 Å². The highest BCUT2D eigenvalue weighted by atomic mass is 16.2. The summed E-state index contributed by atoms with van der Waals surface area (Å²) in [6.45, 7) is 1.97. The van der Waals surface area contributed by atoms with Crippen molar-refractivity contribution in [3.8, 4) is 0 Å². The zero-order valence-electron chi connectivity index (χ0n) is 20.1. The van der Waals surface area contributed by atoms with Gasteiger partial charge in [-0.15, -0.1) is 0 Å². The molecule has 5 rings (SSSR count). The topological polar surface area (TPSA) is 82.3 Å². The van der Waals surface area contributed by atoms with Crippen molar-refractivity contribution < 1.29 is 9.59 Å². The van der Waals surface area contributed by atoms with Gasteiger partial charge < -0.3 is 21.3 Å². The van der Waals surface area contributed by atoms with Gasteiger partial charge in [-0.1, -0.05) is 36.4 Å². The Hall–Kier alpha value is -4.32. The maximum absolute atomic E-state index is 12.7. The maximum atomic E-state index is 12.7. The Morgan fingerprint density at radius 1 is 0.556 bits per heavy atom. The largest absolute Gasteiger partial charge is 0.385 e. The van der Waals surface area contributed by atoms with Crippen molar-refractivity contribution in [2.45, 2.75) is 25.7 Å². The van der Waals surface area contributed by atoms with Crippen LogP contribution in [0.3, 0.4) is 0 Å². The lowest BCUT2D eigenvalue weighted by atomic mass is 10.1. The molecule has 3 aromatic rings. The number of nitrogens with one attached hydrogen (secondary N) is 4. The van der Waals surface area contributed by atoms with Crippen LogP contribution in [0.25, 0.3) is 11.4 Å². The highest BCUT2D eigenvalue weighted by Crippen LogP contribution is 2.21. The third-order valence-electron chi connectivity index (χ3n) is 6.41. The fraction of sp³-hybridized carbons (Fsp3) is 0.200. The molecule has 0 saturated carbocycles. The second-order valence-electron chi connectivity index (χ2n) is 9.01. The van der Waals surface area contributed by atoms with E-state index in [0.717, 1.165) is 72.7 Å². The Morgan fingerprint density at radius 2 is 0.944 bits per heavy atom. The van der Waals surface area contributed by atoms with Crippen molar-refractivity contribution in [1.82, 2.24) is 10.6 Å². The Bertz CT molecular complexity index is 1190. The second kappa shape index (κ2) is 11.0. The number of hydrogen-bond donors (Lipinski definition) is 4. The van der Waals surface area contributed by atoms with Crippen molar-refractivity contribution in [3.63, 3.8) is 0 Å². The standard InChI is InChI=1S/C30H30N4O2/c35-29(33-25-15-11-21(12-16-25)27-5-1-3-19-31-27)23-7-9-24(10-8-23)30(36)34-26-17-13-22(14-18-26)28-6-2-4-20-32-28/h5-18,31-32H,1-4,19-20H2,(H,33,35)(H,34,36). The van der Waals surface area contributed by atoms with Gasteiger partial charge in [0.25, 0.3) is 11.8 Å². The molecular weight excluding hydrogens is 448 g/mol. The smallest absolute Gasteiger partial charge is 0.255 e. The summed E-state index contributed by atoms with van der Waals surface area (Å²) in [5.41, 5.74) is 6.94. The monoisotopic (exact) mass is 478 g/mol. The summed E-state index contributed by atoms with van der Waals surface area (Å²) in [6.07, 6.45) is 8.88. The summed E-state index contributed by atoms with van der Waals surface area (Å²) >= 11 is 0. The number of allylic oxidation sites excluding steroid dienone is 2. The van der Waals surface area contributed by atoms with Crippen LogP contribution in [-0.4, -0.2) is 24.9 Å². The molecule has 6 nitrogen and oxygen atoms in total. The third-order valence-corrected chi connectivity index (χ3v) is 6.41. The van der Waals surface area contributed by atoms with Crippen molar-refractivity contribution in [1.29, 1.82) is 0 Å². The predicted molar refractivity (Wildman–Crippen MR) is 146 cm³/mol. The molecule has 0 spiro atoms. The quantitative estimate of drug-likeness (QED) is 0.370. The van der Waals surface area contributed by atoms with E-state index in [-0.39, 0.29) is 11.8 Å². The molecule has 182 valence electrons. The molecule has 0 unspecified atom stereocenters. The van der Waals surface area contributed by atoms with E-state index in [4.69, 9.17) is 0 Å². The molecule has 2 aliphatic rings. The summed E-state index contributed by atoms with van der Waals surface area (Å²) in [6, 6.07) is 22.3. The number of hydrogen-bond acceptors (Lipinski definition) is 4. The fourth-order valence-electron chi connectivity index (χ4n) is 4.37. The zero-order valence-corrected chi connectivity index (χ0v) is 20.1. The van der Waals surface area contributed by atoms with Gasteiger partial charge >= 0.3 is 0 Å². The molecule has 2 aliphatic heterocycles. The average Bonchev–Trinajstić information content (AvgIpc) is 2.95. The number of anilines is 2. The highest BCUT2D eigenvalue weighted by molar-refractivity contribution is 6.07. The van der Waals surface area contributed by atoms with Gasteiger partial charge in [0.15, 0.2) is 0 Å². The van der Waals surface area contributed by atoms with Crippen molar-refractivity contribution in [2.24, 2.45) is 0 Å². The molecule has 36 heavy (non-hydrogen) atoms. The van der Waals surface area contributed by atoms with E-state index in [1.807, 2.05) is 48.5 Å². The number of rotatable bonds is 6. The van der Waals surface area contributed by atoms with Gasteiger partial charge in [-0.2, -0.15) is 0 Å². The first-order chi connectivity index (χ1) is 17.7. The van der Waals surface area contributed by atoms with Crippen LogP contribution in [0.4, 0.5) is 11.4 Å². The summed E-state index contributed by atoms with van der Waals surface area (Å²) in [4.78, 5) is 25.4. The van der Waals surface area contributed by atoms with Gasteiger partial charge in [0, 0.05) is 47.0 Å². The van der Waals surface area contributed by atoms with Crippen LogP contribution < -0.4 is 21.3 Å². The van der Waals surface area contributed by atoms with Gasteiger partial charge in [-0.3, -0.25) is 9.59 Å². The zero-order chi connectivity index (χ0) is 24.7. The lowest BCUT2D eigenvalue weighted by Crippen LogP contribution is -2.17. The molecule has 0 atom stereocenters. The number of carbonyl (C=O) groups excluding carboxylic acids is 2.